The lowest BCUT2D eigenvalue weighted by Gasteiger charge is -2.25. The number of benzene rings is 1. The van der Waals surface area contributed by atoms with Crippen LogP contribution in [0.15, 0.2) is 24.3 Å². The second-order valence-electron chi connectivity index (χ2n) is 4.76. The van der Waals surface area contributed by atoms with Crippen LogP contribution in [0.1, 0.15) is 31.4 Å². The van der Waals surface area contributed by atoms with Crippen LogP contribution in [-0.2, 0) is 6.54 Å². The first kappa shape index (κ1) is 12.2. The van der Waals surface area contributed by atoms with Crippen molar-refractivity contribution in [3.05, 3.63) is 35.4 Å². The lowest BCUT2D eigenvalue weighted by atomic mass is 10.0. The van der Waals surface area contributed by atoms with Gasteiger partial charge in [0, 0.05) is 12.1 Å². The molecule has 1 rings (SSSR count). The molecule has 1 aromatic carbocycles. The van der Waals surface area contributed by atoms with E-state index < -0.39 is 0 Å². The van der Waals surface area contributed by atoms with Crippen LogP contribution in [0, 0.1) is 6.92 Å². The standard InChI is InChI=1S/C13H22N2/c1-11-4-6-12(7-5-11)10-15-13(2,3)8-9-14/h4-7,15H,8-10,14H2,1-3H3. The van der Waals surface area contributed by atoms with Gasteiger partial charge < -0.3 is 11.1 Å². The molecular weight excluding hydrogens is 184 g/mol. The summed E-state index contributed by atoms with van der Waals surface area (Å²) in [5.41, 5.74) is 8.32. The molecular formula is C13H22N2. The van der Waals surface area contributed by atoms with Gasteiger partial charge in [0.1, 0.15) is 0 Å². The second kappa shape index (κ2) is 5.29. The monoisotopic (exact) mass is 206 g/mol. The maximum atomic E-state index is 5.56. The van der Waals surface area contributed by atoms with Crippen molar-refractivity contribution >= 4 is 0 Å². The lowest BCUT2D eigenvalue weighted by Crippen LogP contribution is -2.40. The van der Waals surface area contributed by atoms with Crippen molar-refractivity contribution in [1.82, 2.24) is 5.32 Å². The highest BCUT2D eigenvalue weighted by Crippen LogP contribution is 2.09. The minimum absolute atomic E-state index is 0.125. The highest BCUT2D eigenvalue weighted by Gasteiger charge is 2.14. The average molecular weight is 206 g/mol. The molecule has 3 N–H and O–H groups in total. The van der Waals surface area contributed by atoms with Crippen molar-refractivity contribution < 1.29 is 0 Å². The van der Waals surface area contributed by atoms with Crippen molar-refractivity contribution in [2.24, 2.45) is 5.73 Å². The molecule has 0 fully saturated rings. The minimum atomic E-state index is 0.125. The molecule has 0 heterocycles. The summed E-state index contributed by atoms with van der Waals surface area (Å²) in [4.78, 5) is 0. The number of nitrogens with one attached hydrogen (secondary N) is 1. The van der Waals surface area contributed by atoms with E-state index in [0.29, 0.717) is 0 Å². The summed E-state index contributed by atoms with van der Waals surface area (Å²) in [6.07, 6.45) is 0.999. The summed E-state index contributed by atoms with van der Waals surface area (Å²) >= 11 is 0. The molecule has 84 valence electrons. The summed E-state index contributed by atoms with van der Waals surface area (Å²) < 4.78 is 0. The van der Waals surface area contributed by atoms with Gasteiger partial charge in [0.2, 0.25) is 0 Å². The average Bonchev–Trinajstić information content (AvgIpc) is 2.17. The molecule has 15 heavy (non-hydrogen) atoms. The fraction of sp³-hybridized carbons (Fsp3) is 0.538. The van der Waals surface area contributed by atoms with Crippen LogP contribution >= 0.6 is 0 Å². The van der Waals surface area contributed by atoms with Gasteiger partial charge in [-0.15, -0.1) is 0 Å². The van der Waals surface area contributed by atoms with Crippen LogP contribution in [0.2, 0.25) is 0 Å². The van der Waals surface area contributed by atoms with Crippen LogP contribution in [0.3, 0.4) is 0 Å². The number of rotatable bonds is 5. The van der Waals surface area contributed by atoms with E-state index in [-0.39, 0.29) is 5.54 Å². The van der Waals surface area contributed by atoms with E-state index in [1.165, 1.54) is 11.1 Å². The summed E-state index contributed by atoms with van der Waals surface area (Å²) in [7, 11) is 0. The Hall–Kier alpha value is -0.860. The molecule has 0 aliphatic heterocycles. The van der Waals surface area contributed by atoms with Crippen LogP contribution in [-0.4, -0.2) is 12.1 Å². The minimum Gasteiger partial charge on any atom is -0.330 e. The van der Waals surface area contributed by atoms with E-state index in [0.717, 1.165) is 19.5 Å². The van der Waals surface area contributed by atoms with Crippen LogP contribution in [0.25, 0.3) is 0 Å². The zero-order chi connectivity index (χ0) is 11.3. The molecule has 0 radical (unpaired) electrons. The van der Waals surface area contributed by atoms with E-state index in [1.54, 1.807) is 0 Å². The molecule has 1 aromatic rings. The molecule has 0 unspecified atom stereocenters. The lowest BCUT2D eigenvalue weighted by molar-refractivity contribution is 0.365. The largest absolute Gasteiger partial charge is 0.330 e. The molecule has 0 aliphatic carbocycles. The Morgan fingerprint density at radius 1 is 1.20 bits per heavy atom. The van der Waals surface area contributed by atoms with Gasteiger partial charge in [-0.1, -0.05) is 29.8 Å². The van der Waals surface area contributed by atoms with E-state index in [9.17, 15) is 0 Å². The Kier molecular flexibility index (Phi) is 4.30. The zero-order valence-corrected chi connectivity index (χ0v) is 10.0. The van der Waals surface area contributed by atoms with Gasteiger partial charge in [0.25, 0.3) is 0 Å². The first-order valence-electron chi connectivity index (χ1n) is 5.54. The Bertz CT molecular complexity index is 288. The topological polar surface area (TPSA) is 38.0 Å². The maximum Gasteiger partial charge on any atom is 0.0210 e. The van der Waals surface area contributed by atoms with Crippen LogP contribution < -0.4 is 11.1 Å². The molecule has 0 saturated heterocycles. The Labute approximate surface area is 92.9 Å². The fourth-order valence-electron chi connectivity index (χ4n) is 1.50. The predicted molar refractivity (Wildman–Crippen MR) is 65.8 cm³/mol. The smallest absolute Gasteiger partial charge is 0.0210 e. The number of nitrogens with two attached hydrogens (primary N) is 1. The molecule has 0 saturated carbocycles. The molecule has 0 aromatic heterocycles. The molecule has 0 atom stereocenters. The molecule has 0 amide bonds. The number of aryl methyl sites for hydroxylation is 1. The van der Waals surface area contributed by atoms with Gasteiger partial charge in [-0.3, -0.25) is 0 Å². The Morgan fingerprint density at radius 3 is 2.33 bits per heavy atom. The van der Waals surface area contributed by atoms with Crippen molar-refractivity contribution in [1.29, 1.82) is 0 Å². The molecule has 0 bridgehead atoms. The fourth-order valence-corrected chi connectivity index (χ4v) is 1.50. The summed E-state index contributed by atoms with van der Waals surface area (Å²) in [6.45, 7) is 8.12. The maximum absolute atomic E-state index is 5.56. The molecule has 2 nitrogen and oxygen atoms in total. The van der Waals surface area contributed by atoms with Crippen molar-refractivity contribution in [3.63, 3.8) is 0 Å². The molecule has 0 aliphatic rings. The van der Waals surface area contributed by atoms with E-state index in [1.807, 2.05) is 0 Å². The van der Waals surface area contributed by atoms with E-state index in [2.05, 4.69) is 50.4 Å². The molecule has 2 heteroatoms. The Balaban J connectivity index is 2.46. The van der Waals surface area contributed by atoms with Gasteiger partial charge >= 0.3 is 0 Å². The van der Waals surface area contributed by atoms with E-state index >= 15 is 0 Å². The molecule has 0 spiro atoms. The van der Waals surface area contributed by atoms with E-state index in [4.69, 9.17) is 5.73 Å². The summed E-state index contributed by atoms with van der Waals surface area (Å²) in [5.74, 6) is 0. The second-order valence-corrected chi connectivity index (χ2v) is 4.76. The third-order valence-corrected chi connectivity index (χ3v) is 2.66. The quantitative estimate of drug-likeness (QED) is 0.775. The van der Waals surface area contributed by atoms with Crippen molar-refractivity contribution in [3.8, 4) is 0 Å². The first-order valence-corrected chi connectivity index (χ1v) is 5.54. The third-order valence-electron chi connectivity index (χ3n) is 2.66. The van der Waals surface area contributed by atoms with Gasteiger partial charge in [-0.05, 0) is 39.3 Å². The first-order chi connectivity index (χ1) is 7.03. The van der Waals surface area contributed by atoms with Crippen molar-refractivity contribution in [2.75, 3.05) is 6.54 Å². The predicted octanol–water partition coefficient (Wildman–Crippen LogP) is 2.21. The van der Waals surface area contributed by atoms with Gasteiger partial charge in [0.05, 0.1) is 0 Å². The highest BCUT2D eigenvalue weighted by molar-refractivity contribution is 5.21. The number of hydrogen-bond acceptors (Lipinski definition) is 2. The summed E-state index contributed by atoms with van der Waals surface area (Å²) in [6, 6.07) is 8.63. The SMILES string of the molecule is Cc1ccc(CNC(C)(C)CCN)cc1. The van der Waals surface area contributed by atoms with Gasteiger partial charge in [-0.2, -0.15) is 0 Å². The van der Waals surface area contributed by atoms with Crippen molar-refractivity contribution in [2.45, 2.75) is 39.3 Å². The van der Waals surface area contributed by atoms with Crippen LogP contribution in [0.5, 0.6) is 0 Å². The van der Waals surface area contributed by atoms with Gasteiger partial charge in [0.15, 0.2) is 0 Å². The number of hydrogen-bond donors (Lipinski definition) is 2. The zero-order valence-electron chi connectivity index (χ0n) is 10.0. The highest BCUT2D eigenvalue weighted by atomic mass is 15.0. The summed E-state index contributed by atoms with van der Waals surface area (Å²) in [5, 5.41) is 3.52. The normalized spacial score (nSPS) is 11.7. The van der Waals surface area contributed by atoms with Crippen LogP contribution in [0.4, 0.5) is 0 Å². The third kappa shape index (κ3) is 4.45. The Morgan fingerprint density at radius 2 is 1.80 bits per heavy atom. The van der Waals surface area contributed by atoms with Gasteiger partial charge in [-0.25, -0.2) is 0 Å².